The Morgan fingerprint density at radius 2 is 2.17 bits per heavy atom. The van der Waals surface area contributed by atoms with Gasteiger partial charge in [0.25, 0.3) is 0 Å². The molecule has 2 N–H and O–H groups in total. The lowest BCUT2D eigenvalue weighted by Crippen LogP contribution is -2.41. The van der Waals surface area contributed by atoms with E-state index in [0.29, 0.717) is 0 Å². The predicted octanol–water partition coefficient (Wildman–Crippen LogP) is 2.07. The van der Waals surface area contributed by atoms with Gasteiger partial charge in [-0.2, -0.15) is 0 Å². The van der Waals surface area contributed by atoms with E-state index in [4.69, 9.17) is 0 Å². The van der Waals surface area contributed by atoms with Gasteiger partial charge < -0.3 is 10.6 Å². The van der Waals surface area contributed by atoms with Crippen molar-refractivity contribution in [2.24, 2.45) is 0 Å². The van der Waals surface area contributed by atoms with Crippen LogP contribution in [-0.4, -0.2) is 30.8 Å². The molecule has 1 fully saturated rings. The molecule has 1 aromatic rings. The summed E-state index contributed by atoms with van der Waals surface area (Å²) in [7, 11) is 0. The minimum absolute atomic E-state index is 0. The molecule has 100 valence electrons. The van der Waals surface area contributed by atoms with E-state index in [0.717, 1.165) is 31.7 Å². The third kappa shape index (κ3) is 4.88. The topological polar surface area (TPSA) is 41.1 Å². The van der Waals surface area contributed by atoms with Crippen LogP contribution in [0.5, 0.6) is 0 Å². The Hall–Kier alpha value is -0.710. The van der Waals surface area contributed by atoms with Crippen LogP contribution in [0.25, 0.3) is 0 Å². The Bertz CT molecular complexity index is 355. The molecule has 1 atom stereocenters. The second-order valence-corrected chi connectivity index (χ2v) is 5.27. The number of nitrogens with one attached hydrogen (secondary N) is 2. The van der Waals surface area contributed by atoms with Gasteiger partial charge in [-0.25, -0.2) is 0 Å². The molecule has 0 saturated carbocycles. The number of halogens is 1. The lowest BCUT2D eigenvalue weighted by Gasteiger charge is -2.10. The number of thioether (sulfide) groups is 1. The van der Waals surface area contributed by atoms with E-state index >= 15 is 0 Å². The Morgan fingerprint density at radius 1 is 1.39 bits per heavy atom. The summed E-state index contributed by atoms with van der Waals surface area (Å²) in [5.41, 5.74) is 0. The van der Waals surface area contributed by atoms with Crippen molar-refractivity contribution >= 4 is 30.1 Å². The van der Waals surface area contributed by atoms with Gasteiger partial charge in [-0.05, 0) is 31.5 Å². The van der Waals surface area contributed by atoms with E-state index in [1.165, 1.54) is 4.90 Å². The fourth-order valence-corrected chi connectivity index (χ4v) is 2.68. The van der Waals surface area contributed by atoms with Gasteiger partial charge in [-0.15, -0.1) is 24.2 Å². The van der Waals surface area contributed by atoms with Crippen LogP contribution in [0.2, 0.25) is 0 Å². The van der Waals surface area contributed by atoms with Crippen molar-refractivity contribution in [2.75, 3.05) is 18.8 Å². The maximum atomic E-state index is 11.7. The van der Waals surface area contributed by atoms with Gasteiger partial charge in [0, 0.05) is 17.2 Å². The first-order valence-corrected chi connectivity index (χ1v) is 7.04. The summed E-state index contributed by atoms with van der Waals surface area (Å²) < 4.78 is 0. The fourth-order valence-electron chi connectivity index (χ4n) is 1.89. The highest BCUT2D eigenvalue weighted by Crippen LogP contribution is 2.15. The van der Waals surface area contributed by atoms with Crippen LogP contribution in [0.3, 0.4) is 0 Å². The third-order valence-corrected chi connectivity index (χ3v) is 3.80. The molecule has 5 heteroatoms. The summed E-state index contributed by atoms with van der Waals surface area (Å²) >= 11 is 1.77. The third-order valence-electron chi connectivity index (χ3n) is 2.79. The molecule has 1 aliphatic rings. The molecule has 0 bridgehead atoms. The number of carbonyl (C=O) groups is 1. The monoisotopic (exact) mass is 286 g/mol. The summed E-state index contributed by atoms with van der Waals surface area (Å²) in [5.74, 6) is 1.07. The van der Waals surface area contributed by atoms with Gasteiger partial charge in [0.15, 0.2) is 0 Å². The molecule has 2 rings (SSSR count). The highest BCUT2D eigenvalue weighted by molar-refractivity contribution is 7.99. The standard InChI is InChI=1S/C13H18N2OS.ClH/c16-13(12-7-4-8-14-12)15-9-10-17-11-5-2-1-3-6-11;/h1-3,5-6,12,14H,4,7-10H2,(H,15,16);1H. The van der Waals surface area contributed by atoms with E-state index in [1.54, 1.807) is 11.8 Å². The van der Waals surface area contributed by atoms with Gasteiger partial charge in [0.1, 0.15) is 0 Å². The number of amides is 1. The first-order valence-electron chi connectivity index (χ1n) is 6.05. The summed E-state index contributed by atoms with van der Waals surface area (Å²) in [6.45, 7) is 1.70. The van der Waals surface area contributed by atoms with Crippen LogP contribution in [0, 0.1) is 0 Å². The molecule has 3 nitrogen and oxygen atoms in total. The molecule has 18 heavy (non-hydrogen) atoms. The van der Waals surface area contributed by atoms with Crippen molar-refractivity contribution in [3.05, 3.63) is 30.3 Å². The van der Waals surface area contributed by atoms with E-state index in [-0.39, 0.29) is 24.4 Å². The highest BCUT2D eigenvalue weighted by atomic mass is 35.5. The van der Waals surface area contributed by atoms with Crippen LogP contribution >= 0.6 is 24.2 Å². The Kier molecular flexibility index (Phi) is 7.16. The molecule has 0 radical (unpaired) electrons. The maximum Gasteiger partial charge on any atom is 0.237 e. The van der Waals surface area contributed by atoms with E-state index in [9.17, 15) is 4.79 Å². The van der Waals surface area contributed by atoms with Crippen LogP contribution in [0.15, 0.2) is 35.2 Å². The second-order valence-electron chi connectivity index (χ2n) is 4.10. The molecule has 1 saturated heterocycles. The lowest BCUT2D eigenvalue weighted by molar-refractivity contribution is -0.122. The normalized spacial score (nSPS) is 18.1. The summed E-state index contributed by atoms with van der Waals surface area (Å²) in [6.07, 6.45) is 2.08. The molecule has 0 aromatic heterocycles. The second kappa shape index (κ2) is 8.40. The van der Waals surface area contributed by atoms with E-state index < -0.39 is 0 Å². The van der Waals surface area contributed by atoms with Gasteiger partial charge in [-0.3, -0.25) is 4.79 Å². The Labute approximate surface area is 119 Å². The zero-order chi connectivity index (χ0) is 11.9. The lowest BCUT2D eigenvalue weighted by atomic mass is 10.2. The van der Waals surface area contributed by atoms with Crippen LogP contribution in [0.4, 0.5) is 0 Å². The first-order chi connectivity index (χ1) is 8.36. The minimum Gasteiger partial charge on any atom is -0.354 e. The maximum absolute atomic E-state index is 11.7. The molecule has 1 aromatic carbocycles. The first kappa shape index (κ1) is 15.3. The van der Waals surface area contributed by atoms with Crippen molar-refractivity contribution < 1.29 is 4.79 Å². The van der Waals surface area contributed by atoms with Crippen molar-refractivity contribution in [3.63, 3.8) is 0 Å². The SMILES string of the molecule is Cl.O=C(NCCSc1ccccc1)C1CCCN1. The van der Waals surface area contributed by atoms with Crippen LogP contribution in [-0.2, 0) is 4.79 Å². The smallest absolute Gasteiger partial charge is 0.237 e. The fraction of sp³-hybridized carbons (Fsp3) is 0.462. The summed E-state index contributed by atoms with van der Waals surface area (Å²) in [5, 5.41) is 6.17. The molecule has 1 aliphatic heterocycles. The van der Waals surface area contributed by atoms with Gasteiger partial charge in [-0.1, -0.05) is 18.2 Å². The molecule has 1 amide bonds. The zero-order valence-corrected chi connectivity index (χ0v) is 11.9. The van der Waals surface area contributed by atoms with Gasteiger partial charge in [0.05, 0.1) is 6.04 Å². The number of benzene rings is 1. The summed E-state index contributed by atoms with van der Waals surface area (Å²) in [6, 6.07) is 10.3. The average molecular weight is 287 g/mol. The summed E-state index contributed by atoms with van der Waals surface area (Å²) in [4.78, 5) is 12.9. The highest BCUT2D eigenvalue weighted by Gasteiger charge is 2.20. The molecular weight excluding hydrogens is 268 g/mol. The van der Waals surface area contributed by atoms with Crippen molar-refractivity contribution in [2.45, 2.75) is 23.8 Å². The number of hydrogen-bond donors (Lipinski definition) is 2. The predicted molar refractivity (Wildman–Crippen MR) is 78.4 cm³/mol. The molecule has 1 unspecified atom stereocenters. The molecule has 0 spiro atoms. The molecule has 0 aliphatic carbocycles. The number of hydrogen-bond acceptors (Lipinski definition) is 3. The van der Waals surface area contributed by atoms with Gasteiger partial charge in [0.2, 0.25) is 5.91 Å². The van der Waals surface area contributed by atoms with Crippen molar-refractivity contribution in [1.29, 1.82) is 0 Å². The van der Waals surface area contributed by atoms with Gasteiger partial charge >= 0.3 is 0 Å². The van der Waals surface area contributed by atoms with Crippen LogP contribution < -0.4 is 10.6 Å². The van der Waals surface area contributed by atoms with Crippen molar-refractivity contribution in [3.8, 4) is 0 Å². The van der Waals surface area contributed by atoms with E-state index in [1.807, 2.05) is 18.2 Å². The average Bonchev–Trinajstić information content (AvgIpc) is 2.89. The van der Waals surface area contributed by atoms with Crippen LogP contribution in [0.1, 0.15) is 12.8 Å². The zero-order valence-electron chi connectivity index (χ0n) is 10.2. The molecular formula is C13H19ClN2OS. The van der Waals surface area contributed by atoms with Crippen molar-refractivity contribution in [1.82, 2.24) is 10.6 Å². The Balaban J connectivity index is 0.00000162. The number of carbonyl (C=O) groups excluding carboxylic acids is 1. The molecule has 1 heterocycles. The van der Waals surface area contributed by atoms with E-state index in [2.05, 4.69) is 22.8 Å². The Morgan fingerprint density at radius 3 is 2.83 bits per heavy atom. The minimum atomic E-state index is 0. The number of rotatable bonds is 5. The quantitative estimate of drug-likeness (QED) is 0.643. The largest absolute Gasteiger partial charge is 0.354 e.